The first-order chi connectivity index (χ1) is 9.56. The van der Waals surface area contributed by atoms with Gasteiger partial charge in [-0.15, -0.1) is 4.40 Å². The molecule has 0 saturated heterocycles. The van der Waals surface area contributed by atoms with Crippen LogP contribution in [0.25, 0.3) is 0 Å². The van der Waals surface area contributed by atoms with E-state index in [4.69, 9.17) is 0 Å². The Morgan fingerprint density at radius 3 is 2.75 bits per heavy atom. The van der Waals surface area contributed by atoms with Crippen LogP contribution in [-0.2, 0) is 16.4 Å². The minimum absolute atomic E-state index is 0.298. The maximum Gasteiger partial charge on any atom is 0.286 e. The van der Waals surface area contributed by atoms with Gasteiger partial charge in [0.1, 0.15) is 4.90 Å². The minimum Gasteiger partial charge on any atom is -0.333 e. The second-order valence-corrected chi connectivity index (χ2v) is 7.44. The number of hydrogen-bond donors (Lipinski definition) is 1. The third-order valence-electron chi connectivity index (χ3n) is 3.03. The summed E-state index contributed by atoms with van der Waals surface area (Å²) in [7, 11) is -3.56. The number of nitrogens with one attached hydrogen (secondary N) is 1. The fourth-order valence-electron chi connectivity index (χ4n) is 1.98. The summed E-state index contributed by atoms with van der Waals surface area (Å²) in [5, 5.41) is 3.58. The molecule has 110 valence electrons. The van der Waals surface area contributed by atoms with Crippen molar-refractivity contribution in [2.45, 2.75) is 44.4 Å². The van der Waals surface area contributed by atoms with Gasteiger partial charge in [-0.3, -0.25) is 0 Å². The molecule has 0 aliphatic carbocycles. The van der Waals surface area contributed by atoms with Crippen molar-refractivity contribution in [1.82, 2.24) is 0 Å². The predicted octanol–water partition coefficient (Wildman–Crippen LogP) is 3.64. The molecule has 1 heterocycles. The van der Waals surface area contributed by atoms with Gasteiger partial charge in [0.15, 0.2) is 5.17 Å². The molecule has 0 atom stereocenters. The molecule has 0 unspecified atom stereocenters. The van der Waals surface area contributed by atoms with Crippen molar-refractivity contribution in [1.29, 1.82) is 0 Å². The van der Waals surface area contributed by atoms with E-state index in [1.54, 1.807) is 6.07 Å². The maximum absolute atomic E-state index is 12.2. The number of anilines is 1. The summed E-state index contributed by atoms with van der Waals surface area (Å²) in [6.45, 7) is 4.18. The van der Waals surface area contributed by atoms with Gasteiger partial charge in [-0.2, -0.15) is 8.42 Å². The van der Waals surface area contributed by atoms with Crippen molar-refractivity contribution in [3.8, 4) is 0 Å². The van der Waals surface area contributed by atoms with Gasteiger partial charge in [0.05, 0.1) is 5.69 Å². The van der Waals surface area contributed by atoms with Crippen molar-refractivity contribution < 1.29 is 8.42 Å². The van der Waals surface area contributed by atoms with Crippen LogP contribution in [0, 0.1) is 0 Å². The number of sulfonamides is 1. The number of thioether (sulfide) groups is 1. The van der Waals surface area contributed by atoms with E-state index >= 15 is 0 Å². The van der Waals surface area contributed by atoms with Crippen molar-refractivity contribution in [2.75, 3.05) is 11.1 Å². The molecule has 1 aliphatic rings. The molecular formula is C14H20N2O2S2. The zero-order valence-electron chi connectivity index (χ0n) is 11.8. The van der Waals surface area contributed by atoms with Gasteiger partial charge in [-0.1, -0.05) is 38.1 Å². The molecule has 1 aromatic carbocycles. The van der Waals surface area contributed by atoms with E-state index in [2.05, 4.69) is 23.6 Å². The summed E-state index contributed by atoms with van der Waals surface area (Å²) < 4.78 is 28.3. The average Bonchev–Trinajstić information content (AvgIpc) is 2.42. The number of amidine groups is 1. The first kappa shape index (κ1) is 15.4. The summed E-state index contributed by atoms with van der Waals surface area (Å²) in [5.41, 5.74) is 1.69. The Morgan fingerprint density at radius 2 is 2.05 bits per heavy atom. The van der Waals surface area contributed by atoms with Gasteiger partial charge in [0.25, 0.3) is 10.0 Å². The van der Waals surface area contributed by atoms with Crippen molar-refractivity contribution in [2.24, 2.45) is 4.40 Å². The molecule has 1 aliphatic heterocycles. The van der Waals surface area contributed by atoms with Gasteiger partial charge < -0.3 is 5.32 Å². The number of aryl methyl sites for hydroxylation is 1. The largest absolute Gasteiger partial charge is 0.333 e. The second-order valence-electron chi connectivity index (χ2n) is 4.78. The fraction of sp³-hybridized carbons (Fsp3) is 0.500. The lowest BCUT2D eigenvalue weighted by atomic mass is 10.1. The fourth-order valence-corrected chi connectivity index (χ4v) is 4.12. The number of rotatable bonds is 5. The van der Waals surface area contributed by atoms with E-state index in [0.29, 0.717) is 15.8 Å². The van der Waals surface area contributed by atoms with Crippen LogP contribution >= 0.6 is 11.8 Å². The van der Waals surface area contributed by atoms with Gasteiger partial charge in [-0.05, 0) is 37.0 Å². The van der Waals surface area contributed by atoms with Gasteiger partial charge >= 0.3 is 0 Å². The number of benzene rings is 1. The summed E-state index contributed by atoms with van der Waals surface area (Å²) in [6.07, 6.45) is 4.04. The molecule has 0 aromatic heterocycles. The highest BCUT2D eigenvalue weighted by molar-refractivity contribution is 8.14. The number of hydrogen-bond acceptors (Lipinski definition) is 4. The van der Waals surface area contributed by atoms with Crippen molar-refractivity contribution in [3.63, 3.8) is 0 Å². The Bertz CT molecular complexity index is 610. The molecule has 4 nitrogen and oxygen atoms in total. The standard InChI is InChI=1S/C14H20N2O2S2/c1-3-5-6-11-7-8-12-13(10-11)20(17,18)16-14(15-12)19-9-4-2/h7-8,10H,3-6,9H2,1-2H3,(H,15,16). The smallest absolute Gasteiger partial charge is 0.286 e. The molecule has 1 aromatic rings. The van der Waals surface area contributed by atoms with Gasteiger partial charge in [0.2, 0.25) is 0 Å². The van der Waals surface area contributed by atoms with E-state index in [0.717, 1.165) is 37.0 Å². The zero-order valence-corrected chi connectivity index (χ0v) is 13.5. The van der Waals surface area contributed by atoms with E-state index in [-0.39, 0.29) is 0 Å². The first-order valence-electron chi connectivity index (χ1n) is 6.94. The molecular weight excluding hydrogens is 292 g/mol. The van der Waals surface area contributed by atoms with E-state index in [9.17, 15) is 8.42 Å². The molecule has 0 saturated carbocycles. The lowest BCUT2D eigenvalue weighted by Crippen LogP contribution is -2.19. The lowest BCUT2D eigenvalue weighted by molar-refractivity contribution is 0.597. The van der Waals surface area contributed by atoms with Crippen LogP contribution in [0.1, 0.15) is 38.7 Å². The third kappa shape index (κ3) is 3.55. The topological polar surface area (TPSA) is 58.5 Å². The molecule has 20 heavy (non-hydrogen) atoms. The molecule has 6 heteroatoms. The number of unbranched alkanes of at least 4 members (excludes halogenated alkanes) is 1. The van der Waals surface area contributed by atoms with E-state index in [1.165, 1.54) is 11.8 Å². The Hall–Kier alpha value is -1.01. The van der Waals surface area contributed by atoms with Gasteiger partial charge in [-0.25, -0.2) is 0 Å². The Morgan fingerprint density at radius 1 is 1.25 bits per heavy atom. The molecule has 0 radical (unpaired) electrons. The molecule has 0 bridgehead atoms. The molecule has 0 fully saturated rings. The SMILES string of the molecule is CCCCc1ccc2c(c1)S(=O)(=O)N=C(SCCC)N2. The molecule has 0 amide bonds. The summed E-state index contributed by atoms with van der Waals surface area (Å²) >= 11 is 1.44. The quantitative estimate of drug-likeness (QED) is 0.901. The first-order valence-corrected chi connectivity index (χ1v) is 9.37. The highest BCUT2D eigenvalue weighted by atomic mass is 32.2. The number of nitrogens with zero attached hydrogens (tertiary/aromatic N) is 1. The average molecular weight is 312 g/mol. The zero-order chi connectivity index (χ0) is 14.6. The normalized spacial score (nSPS) is 16.2. The van der Waals surface area contributed by atoms with Crippen molar-refractivity contribution >= 4 is 32.6 Å². The van der Waals surface area contributed by atoms with E-state index in [1.807, 2.05) is 12.1 Å². The van der Waals surface area contributed by atoms with Crippen LogP contribution < -0.4 is 5.32 Å². The van der Waals surface area contributed by atoms with Crippen LogP contribution in [0.2, 0.25) is 0 Å². The van der Waals surface area contributed by atoms with Crippen molar-refractivity contribution in [3.05, 3.63) is 23.8 Å². The lowest BCUT2D eigenvalue weighted by Gasteiger charge is -2.18. The van der Waals surface area contributed by atoms with Crippen LogP contribution in [0.5, 0.6) is 0 Å². The summed E-state index contributed by atoms with van der Waals surface area (Å²) in [4.78, 5) is 0.298. The number of fused-ring (bicyclic) bond motifs is 1. The predicted molar refractivity (Wildman–Crippen MR) is 86.0 cm³/mol. The summed E-state index contributed by atoms with van der Waals surface area (Å²) in [6, 6.07) is 5.58. The molecule has 0 spiro atoms. The van der Waals surface area contributed by atoms with Crippen LogP contribution in [-0.4, -0.2) is 19.3 Å². The van der Waals surface area contributed by atoms with Gasteiger partial charge in [0, 0.05) is 5.75 Å². The van der Waals surface area contributed by atoms with Crippen LogP contribution in [0.4, 0.5) is 5.69 Å². The monoisotopic (exact) mass is 312 g/mol. The highest BCUT2D eigenvalue weighted by Gasteiger charge is 2.25. The maximum atomic E-state index is 12.2. The van der Waals surface area contributed by atoms with Crippen LogP contribution in [0.15, 0.2) is 27.5 Å². The Balaban J connectivity index is 2.28. The van der Waals surface area contributed by atoms with E-state index < -0.39 is 10.0 Å². The highest BCUT2D eigenvalue weighted by Crippen LogP contribution is 2.30. The minimum atomic E-state index is -3.56. The Kier molecular flexibility index (Phi) is 5.10. The molecule has 2 rings (SSSR count). The summed E-state index contributed by atoms with van der Waals surface area (Å²) in [5.74, 6) is 0.852. The Labute approximate surface area is 125 Å². The van der Waals surface area contributed by atoms with Crippen LogP contribution in [0.3, 0.4) is 0 Å². The molecule has 1 N–H and O–H groups in total. The second kappa shape index (κ2) is 6.63. The third-order valence-corrected chi connectivity index (χ3v) is 5.54.